The molecule has 0 bridgehead atoms. The third kappa shape index (κ3) is 3.53. The van der Waals surface area contributed by atoms with Gasteiger partial charge in [-0.15, -0.1) is 0 Å². The summed E-state index contributed by atoms with van der Waals surface area (Å²) in [6.07, 6.45) is 3.32. The molecule has 5 heteroatoms. The lowest BCUT2D eigenvalue weighted by Crippen LogP contribution is -2.41. The number of nitrogens with zero attached hydrogens (tertiary/aromatic N) is 2. The topological polar surface area (TPSA) is 52.7 Å². The van der Waals surface area contributed by atoms with E-state index in [1.807, 2.05) is 0 Å². The number of imide groups is 1. The molecule has 0 radical (unpaired) electrons. The maximum atomic E-state index is 11.5. The van der Waals surface area contributed by atoms with Crippen molar-refractivity contribution in [1.82, 2.24) is 15.1 Å². The average Bonchev–Trinajstić information content (AvgIpc) is 2.68. The van der Waals surface area contributed by atoms with Crippen LogP contribution in [0.15, 0.2) is 0 Å². The van der Waals surface area contributed by atoms with Crippen molar-refractivity contribution < 1.29 is 9.59 Å². The molecular formula is C13H23N3O2. The van der Waals surface area contributed by atoms with Crippen LogP contribution in [-0.4, -0.2) is 61.4 Å². The minimum atomic E-state index is -0.00673. The summed E-state index contributed by atoms with van der Waals surface area (Å²) in [6, 6.07) is 0. The Labute approximate surface area is 108 Å². The summed E-state index contributed by atoms with van der Waals surface area (Å²) in [4.78, 5) is 26.6. The summed E-state index contributed by atoms with van der Waals surface area (Å²) in [7, 11) is 2.07. The summed E-state index contributed by atoms with van der Waals surface area (Å²) in [6.45, 7) is 4.61. The van der Waals surface area contributed by atoms with Gasteiger partial charge >= 0.3 is 0 Å². The number of rotatable bonds is 5. The van der Waals surface area contributed by atoms with E-state index in [9.17, 15) is 9.59 Å². The fourth-order valence-corrected chi connectivity index (χ4v) is 2.75. The van der Waals surface area contributed by atoms with E-state index in [2.05, 4.69) is 17.3 Å². The first-order valence-electron chi connectivity index (χ1n) is 6.89. The van der Waals surface area contributed by atoms with Gasteiger partial charge in [0.05, 0.1) is 0 Å². The van der Waals surface area contributed by atoms with Crippen molar-refractivity contribution in [3.8, 4) is 0 Å². The van der Waals surface area contributed by atoms with Crippen LogP contribution in [0.25, 0.3) is 0 Å². The summed E-state index contributed by atoms with van der Waals surface area (Å²) >= 11 is 0. The van der Waals surface area contributed by atoms with Crippen molar-refractivity contribution in [3.05, 3.63) is 0 Å². The second-order valence-corrected chi connectivity index (χ2v) is 5.41. The molecule has 1 atom stereocenters. The molecule has 2 saturated heterocycles. The number of piperidine rings is 1. The van der Waals surface area contributed by atoms with Gasteiger partial charge in [0.25, 0.3) is 0 Å². The van der Waals surface area contributed by atoms with Crippen molar-refractivity contribution in [3.63, 3.8) is 0 Å². The van der Waals surface area contributed by atoms with Crippen LogP contribution >= 0.6 is 0 Å². The van der Waals surface area contributed by atoms with Crippen LogP contribution in [0, 0.1) is 5.92 Å². The highest BCUT2D eigenvalue weighted by molar-refractivity contribution is 6.01. The number of likely N-dealkylation sites (tertiary alicyclic amines) is 1. The van der Waals surface area contributed by atoms with Crippen LogP contribution in [-0.2, 0) is 9.59 Å². The first kappa shape index (κ1) is 13.5. The number of carbonyl (C=O) groups excluding carboxylic acids is 2. The highest BCUT2D eigenvalue weighted by Crippen LogP contribution is 2.13. The van der Waals surface area contributed by atoms with E-state index in [4.69, 9.17) is 0 Å². The lowest BCUT2D eigenvalue weighted by Gasteiger charge is -2.28. The number of nitrogens with one attached hydrogen (secondary N) is 1. The van der Waals surface area contributed by atoms with Gasteiger partial charge in [-0.2, -0.15) is 0 Å². The van der Waals surface area contributed by atoms with E-state index in [0.29, 0.717) is 25.3 Å². The molecule has 0 aromatic carbocycles. The molecule has 0 aromatic heterocycles. The fourth-order valence-electron chi connectivity index (χ4n) is 2.75. The molecule has 2 amide bonds. The fraction of sp³-hybridized carbons (Fsp3) is 0.846. The molecule has 1 unspecified atom stereocenters. The smallest absolute Gasteiger partial charge is 0.229 e. The van der Waals surface area contributed by atoms with Crippen molar-refractivity contribution in [2.45, 2.75) is 25.7 Å². The zero-order chi connectivity index (χ0) is 13.0. The quantitative estimate of drug-likeness (QED) is 0.704. The Kier molecular flexibility index (Phi) is 4.72. The SMILES string of the molecule is CN(CCN1C(=O)CCC1=O)CC1CCCNC1. The largest absolute Gasteiger partial charge is 0.316 e. The lowest BCUT2D eigenvalue weighted by molar-refractivity contribution is -0.138. The van der Waals surface area contributed by atoms with Crippen molar-refractivity contribution in [1.29, 1.82) is 0 Å². The molecule has 0 saturated carbocycles. The molecular weight excluding hydrogens is 230 g/mol. The summed E-state index contributed by atoms with van der Waals surface area (Å²) in [5.74, 6) is 0.689. The van der Waals surface area contributed by atoms with E-state index in [1.54, 1.807) is 0 Å². The standard InChI is InChI=1S/C13H23N3O2/c1-15(10-11-3-2-6-14-9-11)7-8-16-12(17)4-5-13(16)18/h11,14H,2-10H2,1H3. The Morgan fingerprint density at radius 2 is 2.06 bits per heavy atom. The third-order valence-electron chi connectivity index (χ3n) is 3.83. The highest BCUT2D eigenvalue weighted by atomic mass is 16.2. The van der Waals surface area contributed by atoms with Gasteiger partial charge < -0.3 is 10.2 Å². The van der Waals surface area contributed by atoms with Crippen LogP contribution in [0.2, 0.25) is 0 Å². The first-order valence-corrected chi connectivity index (χ1v) is 6.89. The van der Waals surface area contributed by atoms with Gasteiger partial charge in [0.2, 0.25) is 11.8 Å². The summed E-state index contributed by atoms with van der Waals surface area (Å²) < 4.78 is 0. The molecule has 5 nitrogen and oxygen atoms in total. The van der Waals surface area contributed by atoms with Crippen molar-refractivity contribution >= 4 is 11.8 Å². The maximum Gasteiger partial charge on any atom is 0.229 e. The molecule has 2 heterocycles. The zero-order valence-electron chi connectivity index (χ0n) is 11.2. The van der Waals surface area contributed by atoms with E-state index in [0.717, 1.165) is 26.2 Å². The molecule has 18 heavy (non-hydrogen) atoms. The second-order valence-electron chi connectivity index (χ2n) is 5.41. The second kappa shape index (κ2) is 6.29. The Morgan fingerprint density at radius 1 is 1.33 bits per heavy atom. The number of carbonyl (C=O) groups is 2. The Balaban J connectivity index is 1.69. The number of hydrogen-bond donors (Lipinski definition) is 1. The van der Waals surface area contributed by atoms with E-state index >= 15 is 0 Å². The number of amides is 2. The van der Waals surface area contributed by atoms with Crippen LogP contribution < -0.4 is 5.32 Å². The van der Waals surface area contributed by atoms with Gasteiger partial charge in [-0.3, -0.25) is 14.5 Å². The molecule has 2 aliphatic rings. The molecule has 0 spiro atoms. The van der Waals surface area contributed by atoms with Gasteiger partial charge in [0.15, 0.2) is 0 Å². The predicted octanol–water partition coefficient (Wildman–Crippen LogP) is 0.0668. The van der Waals surface area contributed by atoms with Crippen molar-refractivity contribution in [2.24, 2.45) is 5.92 Å². The van der Waals surface area contributed by atoms with Gasteiger partial charge in [-0.1, -0.05) is 0 Å². The van der Waals surface area contributed by atoms with Crippen molar-refractivity contribution in [2.75, 3.05) is 39.8 Å². The number of hydrogen-bond acceptors (Lipinski definition) is 4. The van der Waals surface area contributed by atoms with Crippen LogP contribution in [0.5, 0.6) is 0 Å². The molecule has 2 fully saturated rings. The molecule has 0 aromatic rings. The lowest BCUT2D eigenvalue weighted by atomic mass is 9.99. The van der Waals surface area contributed by atoms with Crippen LogP contribution in [0.1, 0.15) is 25.7 Å². The number of likely N-dealkylation sites (N-methyl/N-ethyl adjacent to an activating group) is 1. The maximum absolute atomic E-state index is 11.5. The molecule has 102 valence electrons. The minimum absolute atomic E-state index is 0.00673. The molecule has 1 N–H and O–H groups in total. The van der Waals surface area contributed by atoms with Gasteiger partial charge in [-0.25, -0.2) is 0 Å². The summed E-state index contributed by atoms with van der Waals surface area (Å²) in [5.41, 5.74) is 0. The third-order valence-corrected chi connectivity index (χ3v) is 3.83. The Bertz CT molecular complexity index is 297. The van der Waals surface area contributed by atoms with E-state index in [1.165, 1.54) is 17.7 Å². The van der Waals surface area contributed by atoms with Gasteiger partial charge in [0.1, 0.15) is 0 Å². The normalized spacial score (nSPS) is 25.2. The van der Waals surface area contributed by atoms with Gasteiger partial charge in [-0.05, 0) is 38.9 Å². The monoisotopic (exact) mass is 253 g/mol. The first-order chi connectivity index (χ1) is 8.66. The van der Waals surface area contributed by atoms with E-state index in [-0.39, 0.29) is 11.8 Å². The Hall–Kier alpha value is -0.940. The highest BCUT2D eigenvalue weighted by Gasteiger charge is 2.28. The molecule has 2 aliphatic heterocycles. The Morgan fingerprint density at radius 3 is 2.67 bits per heavy atom. The zero-order valence-corrected chi connectivity index (χ0v) is 11.2. The predicted molar refractivity (Wildman–Crippen MR) is 69.0 cm³/mol. The molecule has 2 rings (SSSR count). The summed E-state index contributed by atoms with van der Waals surface area (Å²) in [5, 5.41) is 3.41. The minimum Gasteiger partial charge on any atom is -0.316 e. The van der Waals surface area contributed by atoms with Crippen LogP contribution in [0.4, 0.5) is 0 Å². The van der Waals surface area contributed by atoms with Crippen LogP contribution in [0.3, 0.4) is 0 Å². The van der Waals surface area contributed by atoms with E-state index < -0.39 is 0 Å². The average molecular weight is 253 g/mol. The van der Waals surface area contributed by atoms with Gasteiger partial charge in [0, 0.05) is 32.5 Å². The molecule has 0 aliphatic carbocycles.